The van der Waals surface area contributed by atoms with Crippen LogP contribution in [0.15, 0.2) is 17.4 Å². The standard InChI is InChI=1S/C9H12N2O2S2/c1-14-8-10-5-2-7(11-8)9(3-4-9)6-15(12)13/h2,5H,3-4,6H2,1H3,(H,12,13)/p-1. The normalized spacial score (nSPS) is 19.9. The van der Waals surface area contributed by atoms with Gasteiger partial charge in [-0.3, -0.25) is 4.21 Å². The van der Waals surface area contributed by atoms with Gasteiger partial charge in [0.2, 0.25) is 0 Å². The zero-order valence-corrected chi connectivity index (χ0v) is 9.94. The predicted molar refractivity (Wildman–Crippen MR) is 58.5 cm³/mol. The first kappa shape index (κ1) is 11.0. The molecular formula is C9H11N2O2S2-. The van der Waals surface area contributed by atoms with Gasteiger partial charge in [-0.1, -0.05) is 22.8 Å². The molecule has 1 aromatic heterocycles. The second kappa shape index (κ2) is 4.19. The summed E-state index contributed by atoms with van der Waals surface area (Å²) in [6, 6.07) is 1.82. The van der Waals surface area contributed by atoms with E-state index >= 15 is 0 Å². The van der Waals surface area contributed by atoms with E-state index < -0.39 is 11.1 Å². The summed E-state index contributed by atoms with van der Waals surface area (Å²) < 4.78 is 21.5. The number of aromatic nitrogens is 2. The van der Waals surface area contributed by atoms with E-state index in [1.165, 1.54) is 11.8 Å². The Bertz CT molecular complexity index is 393. The number of rotatable bonds is 4. The van der Waals surface area contributed by atoms with Crippen LogP contribution in [0.25, 0.3) is 0 Å². The molecule has 0 amide bonds. The maximum Gasteiger partial charge on any atom is 0.187 e. The van der Waals surface area contributed by atoms with Crippen molar-refractivity contribution < 1.29 is 8.76 Å². The van der Waals surface area contributed by atoms with Crippen LogP contribution in [0.1, 0.15) is 18.5 Å². The van der Waals surface area contributed by atoms with E-state index in [1.807, 2.05) is 12.3 Å². The molecule has 82 valence electrons. The summed E-state index contributed by atoms with van der Waals surface area (Å²) in [5, 5.41) is 0.704. The van der Waals surface area contributed by atoms with Crippen molar-refractivity contribution >= 4 is 22.8 Å². The van der Waals surface area contributed by atoms with E-state index in [9.17, 15) is 8.76 Å². The fourth-order valence-electron chi connectivity index (χ4n) is 1.59. The number of thioether (sulfide) groups is 1. The highest BCUT2D eigenvalue weighted by Crippen LogP contribution is 2.47. The van der Waals surface area contributed by atoms with E-state index in [0.717, 1.165) is 18.5 Å². The Hall–Kier alpha value is -0.460. The molecule has 1 fully saturated rings. The van der Waals surface area contributed by atoms with E-state index in [-0.39, 0.29) is 11.2 Å². The Morgan fingerprint density at radius 2 is 2.40 bits per heavy atom. The van der Waals surface area contributed by atoms with E-state index in [0.29, 0.717) is 5.16 Å². The minimum absolute atomic E-state index is 0.178. The molecule has 0 spiro atoms. The molecule has 0 N–H and O–H groups in total. The fraction of sp³-hybridized carbons (Fsp3) is 0.556. The summed E-state index contributed by atoms with van der Waals surface area (Å²) in [6.07, 6.45) is 5.42. The van der Waals surface area contributed by atoms with Gasteiger partial charge in [0, 0.05) is 17.4 Å². The molecule has 2 rings (SSSR count). The molecule has 1 atom stereocenters. The molecule has 0 aromatic carbocycles. The highest BCUT2D eigenvalue weighted by atomic mass is 32.2. The van der Waals surface area contributed by atoms with E-state index in [4.69, 9.17) is 0 Å². The average Bonchev–Trinajstić information content (AvgIpc) is 2.98. The van der Waals surface area contributed by atoms with Gasteiger partial charge in [-0.05, 0) is 25.2 Å². The van der Waals surface area contributed by atoms with Crippen molar-refractivity contribution in [2.24, 2.45) is 0 Å². The summed E-state index contributed by atoms with van der Waals surface area (Å²) >= 11 is -0.529. The third kappa shape index (κ3) is 2.38. The highest BCUT2D eigenvalue weighted by molar-refractivity contribution is 7.98. The van der Waals surface area contributed by atoms with Crippen molar-refractivity contribution in [1.29, 1.82) is 0 Å². The largest absolute Gasteiger partial charge is 0.772 e. The fourth-order valence-corrected chi connectivity index (χ4v) is 2.83. The monoisotopic (exact) mass is 243 g/mol. The first-order valence-electron chi connectivity index (χ1n) is 4.60. The quantitative estimate of drug-likeness (QED) is 0.450. The molecule has 0 saturated heterocycles. The minimum Gasteiger partial charge on any atom is -0.772 e. The topological polar surface area (TPSA) is 65.9 Å². The Morgan fingerprint density at radius 1 is 1.67 bits per heavy atom. The van der Waals surface area contributed by atoms with E-state index in [1.54, 1.807) is 6.20 Å². The summed E-state index contributed by atoms with van der Waals surface area (Å²) in [5.41, 5.74) is 0.645. The lowest BCUT2D eigenvalue weighted by Gasteiger charge is -2.16. The van der Waals surface area contributed by atoms with Crippen molar-refractivity contribution in [3.63, 3.8) is 0 Å². The maximum absolute atomic E-state index is 10.7. The van der Waals surface area contributed by atoms with E-state index in [2.05, 4.69) is 9.97 Å². The first-order chi connectivity index (χ1) is 7.16. The summed E-state index contributed by atoms with van der Waals surface area (Å²) in [5.74, 6) is 0.178. The zero-order chi connectivity index (χ0) is 10.9. The smallest absolute Gasteiger partial charge is 0.187 e. The number of hydrogen-bond acceptors (Lipinski definition) is 5. The van der Waals surface area contributed by atoms with Gasteiger partial charge in [0.15, 0.2) is 5.16 Å². The van der Waals surface area contributed by atoms with Crippen LogP contribution in [-0.4, -0.2) is 30.7 Å². The van der Waals surface area contributed by atoms with Crippen LogP contribution < -0.4 is 0 Å². The van der Waals surface area contributed by atoms with Crippen LogP contribution in [-0.2, 0) is 16.5 Å². The Balaban J connectivity index is 2.25. The number of hydrogen-bond donors (Lipinski definition) is 0. The minimum atomic E-state index is -2.00. The maximum atomic E-state index is 10.7. The molecule has 0 bridgehead atoms. The molecule has 1 aromatic rings. The van der Waals surface area contributed by atoms with Crippen LogP contribution in [0.2, 0.25) is 0 Å². The van der Waals surface area contributed by atoms with Gasteiger partial charge in [0.05, 0.1) is 5.69 Å². The molecule has 4 nitrogen and oxygen atoms in total. The second-order valence-corrected chi connectivity index (χ2v) is 5.33. The van der Waals surface area contributed by atoms with Gasteiger partial charge in [0.25, 0.3) is 0 Å². The molecule has 0 aliphatic heterocycles. The van der Waals surface area contributed by atoms with Gasteiger partial charge in [-0.2, -0.15) is 0 Å². The highest BCUT2D eigenvalue weighted by Gasteiger charge is 2.45. The lowest BCUT2D eigenvalue weighted by Crippen LogP contribution is -2.18. The lowest BCUT2D eigenvalue weighted by atomic mass is 10.1. The Labute approximate surface area is 95.2 Å². The molecule has 15 heavy (non-hydrogen) atoms. The number of nitrogens with zero attached hydrogens (tertiary/aromatic N) is 2. The van der Waals surface area contributed by atoms with Crippen molar-refractivity contribution in [2.45, 2.75) is 23.4 Å². The Kier molecular flexibility index (Phi) is 3.08. The third-order valence-electron chi connectivity index (χ3n) is 2.61. The third-order valence-corrected chi connectivity index (χ3v) is 3.96. The van der Waals surface area contributed by atoms with Gasteiger partial charge >= 0.3 is 0 Å². The van der Waals surface area contributed by atoms with Gasteiger partial charge in [-0.25, -0.2) is 9.97 Å². The second-order valence-electron chi connectivity index (χ2n) is 3.66. The summed E-state index contributed by atoms with van der Waals surface area (Å²) in [7, 11) is 0. The summed E-state index contributed by atoms with van der Waals surface area (Å²) in [4.78, 5) is 8.43. The average molecular weight is 243 g/mol. The molecule has 6 heteroatoms. The van der Waals surface area contributed by atoms with Crippen molar-refractivity contribution in [3.05, 3.63) is 18.0 Å². The molecule has 1 aliphatic rings. The zero-order valence-electron chi connectivity index (χ0n) is 8.30. The lowest BCUT2D eigenvalue weighted by molar-refractivity contribution is 0.527. The predicted octanol–water partition coefficient (Wildman–Crippen LogP) is 1.11. The molecule has 1 saturated carbocycles. The van der Waals surface area contributed by atoms with Crippen molar-refractivity contribution in [2.75, 3.05) is 12.0 Å². The van der Waals surface area contributed by atoms with Crippen LogP contribution in [0, 0.1) is 0 Å². The van der Waals surface area contributed by atoms with Crippen molar-refractivity contribution in [1.82, 2.24) is 9.97 Å². The van der Waals surface area contributed by atoms with Crippen LogP contribution in [0.5, 0.6) is 0 Å². The molecular weight excluding hydrogens is 232 g/mol. The van der Waals surface area contributed by atoms with Crippen LogP contribution >= 0.6 is 11.8 Å². The molecule has 1 heterocycles. The van der Waals surface area contributed by atoms with Gasteiger partial charge < -0.3 is 4.55 Å². The van der Waals surface area contributed by atoms with Crippen LogP contribution in [0.4, 0.5) is 0 Å². The van der Waals surface area contributed by atoms with Gasteiger partial charge in [-0.15, -0.1) is 0 Å². The SMILES string of the molecule is CSc1nccc(C2(CS(=O)[O-])CC2)n1. The van der Waals surface area contributed by atoms with Gasteiger partial charge in [0.1, 0.15) is 0 Å². The van der Waals surface area contributed by atoms with Crippen LogP contribution in [0.3, 0.4) is 0 Å². The summed E-state index contributed by atoms with van der Waals surface area (Å²) in [6.45, 7) is 0. The molecule has 0 radical (unpaired) electrons. The molecule has 1 unspecified atom stereocenters. The molecule has 1 aliphatic carbocycles. The van der Waals surface area contributed by atoms with Crippen molar-refractivity contribution in [3.8, 4) is 0 Å². The first-order valence-corrected chi connectivity index (χ1v) is 7.06. The Morgan fingerprint density at radius 3 is 2.93 bits per heavy atom.